The molecule has 0 aliphatic carbocycles. The number of hydrogen-bond donors (Lipinski definition) is 3. The largest absolute Gasteiger partial charge is 0.508 e. The van der Waals surface area contributed by atoms with E-state index in [1.54, 1.807) is 24.3 Å². The van der Waals surface area contributed by atoms with E-state index in [-0.39, 0.29) is 5.75 Å². The number of aliphatic hydroxyl groups excluding tert-OH is 1. The molecule has 27 heavy (non-hydrogen) atoms. The standard InChI is InChI=1S/C22H21NO4/c24-16-7-5-15(6-8-16)20(25)14-23-11-12-26-17-9-10-19-18-3-1-2-4-21(18)27-22(19)13-17/h1-10,13,20,23-25H,11-12,14H2. The summed E-state index contributed by atoms with van der Waals surface area (Å²) in [5.41, 5.74) is 2.44. The second-order valence-electron chi connectivity index (χ2n) is 6.42. The number of fused-ring (bicyclic) bond motifs is 3. The van der Waals surface area contributed by atoms with E-state index in [1.807, 2.05) is 42.5 Å². The van der Waals surface area contributed by atoms with Crippen molar-refractivity contribution < 1.29 is 19.4 Å². The molecule has 0 aliphatic rings. The fraction of sp³-hybridized carbons (Fsp3) is 0.182. The molecule has 1 atom stereocenters. The maximum atomic E-state index is 10.1. The number of phenolic OH excluding ortho intramolecular Hbond substituents is 1. The number of phenols is 1. The fourth-order valence-corrected chi connectivity index (χ4v) is 3.09. The number of aromatic hydroxyl groups is 1. The molecule has 0 amide bonds. The van der Waals surface area contributed by atoms with Gasteiger partial charge in [-0.15, -0.1) is 0 Å². The third-order valence-corrected chi connectivity index (χ3v) is 4.51. The Hall–Kier alpha value is -3.02. The Morgan fingerprint density at radius 1 is 0.926 bits per heavy atom. The Morgan fingerprint density at radius 3 is 2.56 bits per heavy atom. The molecule has 5 nitrogen and oxygen atoms in total. The van der Waals surface area contributed by atoms with Gasteiger partial charge < -0.3 is 24.7 Å². The molecule has 1 aromatic heterocycles. The van der Waals surface area contributed by atoms with Gasteiger partial charge in [-0.1, -0.05) is 30.3 Å². The van der Waals surface area contributed by atoms with Gasteiger partial charge >= 0.3 is 0 Å². The molecule has 0 saturated carbocycles. The fourth-order valence-electron chi connectivity index (χ4n) is 3.09. The van der Waals surface area contributed by atoms with Crippen LogP contribution in [0.4, 0.5) is 0 Å². The lowest BCUT2D eigenvalue weighted by atomic mass is 10.1. The number of ether oxygens (including phenoxy) is 1. The molecule has 1 unspecified atom stereocenters. The maximum absolute atomic E-state index is 10.1. The molecule has 0 fully saturated rings. The van der Waals surface area contributed by atoms with Gasteiger partial charge in [-0.05, 0) is 35.9 Å². The van der Waals surface area contributed by atoms with Gasteiger partial charge in [0, 0.05) is 29.9 Å². The Bertz CT molecular complexity index is 1040. The molecule has 3 aromatic carbocycles. The summed E-state index contributed by atoms with van der Waals surface area (Å²) in [6, 6.07) is 20.4. The SMILES string of the molecule is Oc1ccc(C(O)CNCCOc2ccc3c(c2)oc2ccccc23)cc1. The summed E-state index contributed by atoms with van der Waals surface area (Å²) in [7, 11) is 0. The average Bonchev–Trinajstić information content (AvgIpc) is 3.06. The quantitative estimate of drug-likeness (QED) is 0.433. The van der Waals surface area contributed by atoms with Crippen molar-refractivity contribution in [1.82, 2.24) is 5.32 Å². The van der Waals surface area contributed by atoms with Crippen LogP contribution in [-0.2, 0) is 0 Å². The third kappa shape index (κ3) is 3.89. The van der Waals surface area contributed by atoms with Crippen molar-refractivity contribution in [3.8, 4) is 11.5 Å². The maximum Gasteiger partial charge on any atom is 0.139 e. The summed E-state index contributed by atoms with van der Waals surface area (Å²) >= 11 is 0. The minimum atomic E-state index is -0.627. The van der Waals surface area contributed by atoms with Gasteiger partial charge in [0.15, 0.2) is 0 Å². The van der Waals surface area contributed by atoms with Crippen molar-refractivity contribution in [2.75, 3.05) is 19.7 Å². The predicted octanol–water partition coefficient (Wildman–Crippen LogP) is 3.99. The molecule has 0 bridgehead atoms. The highest BCUT2D eigenvalue weighted by molar-refractivity contribution is 6.05. The predicted molar refractivity (Wildman–Crippen MR) is 105 cm³/mol. The molecule has 0 saturated heterocycles. The smallest absolute Gasteiger partial charge is 0.139 e. The number of rotatable bonds is 7. The van der Waals surface area contributed by atoms with Crippen LogP contribution in [0, 0.1) is 0 Å². The number of nitrogens with one attached hydrogen (secondary N) is 1. The van der Waals surface area contributed by atoms with Crippen LogP contribution in [0.1, 0.15) is 11.7 Å². The summed E-state index contributed by atoms with van der Waals surface area (Å²) in [5.74, 6) is 0.941. The lowest BCUT2D eigenvalue weighted by Crippen LogP contribution is -2.26. The molecule has 4 aromatic rings. The van der Waals surface area contributed by atoms with Crippen LogP contribution in [0.3, 0.4) is 0 Å². The number of hydrogen-bond acceptors (Lipinski definition) is 5. The van der Waals surface area contributed by atoms with Crippen LogP contribution in [0.25, 0.3) is 21.9 Å². The number of benzene rings is 3. The second kappa shape index (κ2) is 7.70. The number of para-hydroxylation sites is 1. The van der Waals surface area contributed by atoms with Crippen molar-refractivity contribution in [3.63, 3.8) is 0 Å². The summed E-state index contributed by atoms with van der Waals surface area (Å²) in [4.78, 5) is 0. The highest BCUT2D eigenvalue weighted by Gasteiger charge is 2.08. The zero-order valence-electron chi connectivity index (χ0n) is 14.8. The van der Waals surface area contributed by atoms with E-state index < -0.39 is 6.10 Å². The molecule has 1 heterocycles. The first kappa shape index (κ1) is 17.4. The van der Waals surface area contributed by atoms with Crippen LogP contribution in [0.5, 0.6) is 11.5 Å². The third-order valence-electron chi connectivity index (χ3n) is 4.51. The van der Waals surface area contributed by atoms with Crippen LogP contribution in [0.2, 0.25) is 0 Å². The van der Waals surface area contributed by atoms with E-state index in [0.29, 0.717) is 19.7 Å². The van der Waals surface area contributed by atoms with Crippen LogP contribution >= 0.6 is 0 Å². The minimum absolute atomic E-state index is 0.189. The Labute approximate surface area is 156 Å². The summed E-state index contributed by atoms with van der Waals surface area (Å²) in [6.45, 7) is 1.50. The number of furan rings is 1. The molecule has 5 heteroatoms. The van der Waals surface area contributed by atoms with E-state index in [2.05, 4.69) is 5.32 Å². The molecular formula is C22H21NO4. The minimum Gasteiger partial charge on any atom is -0.508 e. The van der Waals surface area contributed by atoms with Crippen LogP contribution in [-0.4, -0.2) is 29.9 Å². The molecule has 4 rings (SSSR count). The molecular weight excluding hydrogens is 342 g/mol. The molecule has 0 radical (unpaired) electrons. The van der Waals surface area contributed by atoms with Gasteiger partial charge in [0.2, 0.25) is 0 Å². The molecule has 3 N–H and O–H groups in total. The van der Waals surface area contributed by atoms with Crippen LogP contribution in [0.15, 0.2) is 71.1 Å². The van der Waals surface area contributed by atoms with Gasteiger partial charge in [-0.3, -0.25) is 0 Å². The van der Waals surface area contributed by atoms with Gasteiger partial charge in [-0.2, -0.15) is 0 Å². The van der Waals surface area contributed by atoms with E-state index in [0.717, 1.165) is 33.3 Å². The van der Waals surface area contributed by atoms with Crippen molar-refractivity contribution >= 4 is 21.9 Å². The van der Waals surface area contributed by atoms with Gasteiger partial charge in [0.1, 0.15) is 29.3 Å². The zero-order valence-corrected chi connectivity index (χ0v) is 14.8. The monoisotopic (exact) mass is 363 g/mol. The topological polar surface area (TPSA) is 74.9 Å². The van der Waals surface area contributed by atoms with E-state index in [4.69, 9.17) is 9.15 Å². The summed E-state index contributed by atoms with van der Waals surface area (Å²) in [6.07, 6.45) is -0.627. The van der Waals surface area contributed by atoms with Crippen molar-refractivity contribution in [3.05, 3.63) is 72.3 Å². The van der Waals surface area contributed by atoms with E-state index in [9.17, 15) is 10.2 Å². The zero-order chi connectivity index (χ0) is 18.6. The number of aliphatic hydroxyl groups is 1. The van der Waals surface area contributed by atoms with Gasteiger partial charge in [0.05, 0.1) is 6.10 Å². The lowest BCUT2D eigenvalue weighted by molar-refractivity contribution is 0.172. The first-order chi connectivity index (χ1) is 13.2. The van der Waals surface area contributed by atoms with Crippen LogP contribution < -0.4 is 10.1 Å². The van der Waals surface area contributed by atoms with Gasteiger partial charge in [-0.25, -0.2) is 0 Å². The Balaban J connectivity index is 1.29. The first-order valence-electron chi connectivity index (χ1n) is 8.92. The second-order valence-corrected chi connectivity index (χ2v) is 6.42. The van der Waals surface area contributed by atoms with Crippen molar-refractivity contribution in [2.24, 2.45) is 0 Å². The molecule has 0 aliphatic heterocycles. The highest BCUT2D eigenvalue weighted by atomic mass is 16.5. The summed E-state index contributed by atoms with van der Waals surface area (Å²) in [5, 5.41) is 24.7. The van der Waals surface area contributed by atoms with E-state index >= 15 is 0 Å². The highest BCUT2D eigenvalue weighted by Crippen LogP contribution is 2.30. The molecule has 0 spiro atoms. The summed E-state index contributed by atoms with van der Waals surface area (Å²) < 4.78 is 11.6. The van der Waals surface area contributed by atoms with E-state index in [1.165, 1.54) is 0 Å². The van der Waals surface area contributed by atoms with Gasteiger partial charge in [0.25, 0.3) is 0 Å². The Morgan fingerprint density at radius 2 is 1.70 bits per heavy atom. The first-order valence-corrected chi connectivity index (χ1v) is 8.92. The molecule has 138 valence electrons. The normalized spacial score (nSPS) is 12.5. The lowest BCUT2D eigenvalue weighted by Gasteiger charge is -2.13. The van der Waals surface area contributed by atoms with Crippen molar-refractivity contribution in [1.29, 1.82) is 0 Å². The average molecular weight is 363 g/mol. The Kier molecular flexibility index (Phi) is 4.96. The van der Waals surface area contributed by atoms with Crippen molar-refractivity contribution in [2.45, 2.75) is 6.10 Å².